The normalized spacial score (nSPS) is 25.2. The summed E-state index contributed by atoms with van der Waals surface area (Å²) in [7, 11) is 0. The lowest BCUT2D eigenvalue weighted by molar-refractivity contribution is -0.141. The van der Waals surface area contributed by atoms with Gasteiger partial charge in [0.25, 0.3) is 5.91 Å². The number of rotatable bonds is 2. The summed E-state index contributed by atoms with van der Waals surface area (Å²) in [4.78, 5) is 38.0. The Morgan fingerprint density at radius 3 is 2.45 bits per heavy atom. The lowest BCUT2D eigenvalue weighted by Crippen LogP contribution is -2.42. The Bertz CT molecular complexity index is 601. The van der Waals surface area contributed by atoms with Gasteiger partial charge in [-0.3, -0.25) is 9.69 Å². The number of hydrogen-bond acceptors (Lipinski definition) is 3. The van der Waals surface area contributed by atoms with Crippen LogP contribution in [-0.2, 0) is 9.59 Å². The van der Waals surface area contributed by atoms with Crippen LogP contribution in [0.2, 0.25) is 5.02 Å². The minimum absolute atomic E-state index is 0.311. The number of amides is 3. The van der Waals surface area contributed by atoms with Gasteiger partial charge in [-0.1, -0.05) is 11.6 Å². The predicted molar refractivity (Wildman–Crippen MR) is 70.6 cm³/mol. The van der Waals surface area contributed by atoms with Crippen molar-refractivity contribution in [2.24, 2.45) is 0 Å². The fourth-order valence-electron chi connectivity index (χ4n) is 2.75. The number of hydrogen-bond donors (Lipinski definition) is 1. The van der Waals surface area contributed by atoms with E-state index >= 15 is 0 Å². The molecule has 7 heteroatoms. The standard InChI is InChI=1S/C13H11ClN2O4/c14-7-1-3-8(4-2-7)15-11(17)9-5-6-10(12(18)19)16(9)13(15)20/h1-4,9-10H,5-6H2,(H,18,19)/t9-,10-/m1/s1. The Kier molecular flexibility index (Phi) is 2.90. The number of anilines is 1. The highest BCUT2D eigenvalue weighted by molar-refractivity contribution is 6.30. The number of fused-ring (bicyclic) bond motifs is 1. The van der Waals surface area contributed by atoms with E-state index in [1.807, 2.05) is 0 Å². The van der Waals surface area contributed by atoms with Crippen LogP contribution in [0.5, 0.6) is 0 Å². The molecule has 2 aliphatic heterocycles. The van der Waals surface area contributed by atoms with Crippen molar-refractivity contribution in [3.05, 3.63) is 29.3 Å². The zero-order chi connectivity index (χ0) is 14.4. The monoisotopic (exact) mass is 294 g/mol. The van der Waals surface area contributed by atoms with E-state index in [9.17, 15) is 14.4 Å². The first-order chi connectivity index (χ1) is 9.50. The van der Waals surface area contributed by atoms with Gasteiger partial charge in [0.2, 0.25) is 0 Å². The third kappa shape index (κ3) is 1.76. The number of imide groups is 1. The van der Waals surface area contributed by atoms with Crippen molar-refractivity contribution in [3.8, 4) is 0 Å². The lowest BCUT2D eigenvalue weighted by atomic mass is 10.1. The summed E-state index contributed by atoms with van der Waals surface area (Å²) in [5, 5.41) is 9.61. The molecule has 20 heavy (non-hydrogen) atoms. The number of carboxylic acids is 1. The summed E-state index contributed by atoms with van der Waals surface area (Å²) in [6, 6.07) is 4.12. The van der Waals surface area contributed by atoms with Gasteiger partial charge >= 0.3 is 12.0 Å². The number of nitrogens with zero attached hydrogens (tertiary/aromatic N) is 2. The second kappa shape index (κ2) is 4.49. The number of carbonyl (C=O) groups is 3. The smallest absolute Gasteiger partial charge is 0.332 e. The van der Waals surface area contributed by atoms with Gasteiger partial charge in [-0.15, -0.1) is 0 Å². The van der Waals surface area contributed by atoms with Crippen LogP contribution in [0.25, 0.3) is 0 Å². The van der Waals surface area contributed by atoms with Crippen LogP contribution >= 0.6 is 11.6 Å². The van der Waals surface area contributed by atoms with Crippen LogP contribution in [0.3, 0.4) is 0 Å². The molecule has 104 valence electrons. The minimum atomic E-state index is -1.08. The maximum atomic E-state index is 12.3. The van der Waals surface area contributed by atoms with Crippen molar-refractivity contribution in [1.82, 2.24) is 4.90 Å². The van der Waals surface area contributed by atoms with Crippen LogP contribution in [0.4, 0.5) is 10.5 Å². The van der Waals surface area contributed by atoms with E-state index in [0.717, 1.165) is 4.90 Å². The molecule has 2 aliphatic rings. The molecule has 0 spiro atoms. The van der Waals surface area contributed by atoms with Gasteiger partial charge in [0.05, 0.1) is 5.69 Å². The highest BCUT2D eigenvalue weighted by Crippen LogP contribution is 2.35. The predicted octanol–water partition coefficient (Wildman–Crippen LogP) is 1.72. The molecule has 2 atom stereocenters. The first-order valence-electron chi connectivity index (χ1n) is 6.15. The fraction of sp³-hybridized carbons (Fsp3) is 0.308. The molecule has 2 fully saturated rings. The fourth-order valence-corrected chi connectivity index (χ4v) is 2.88. The molecular weight excluding hydrogens is 284 g/mol. The molecule has 2 saturated heterocycles. The molecule has 1 N–H and O–H groups in total. The second-order valence-electron chi connectivity index (χ2n) is 4.79. The van der Waals surface area contributed by atoms with Gasteiger partial charge in [-0.05, 0) is 37.1 Å². The van der Waals surface area contributed by atoms with Crippen LogP contribution in [-0.4, -0.2) is 40.0 Å². The molecule has 0 bridgehead atoms. The van der Waals surface area contributed by atoms with Crippen LogP contribution < -0.4 is 4.90 Å². The van der Waals surface area contributed by atoms with Crippen LogP contribution in [0, 0.1) is 0 Å². The number of carbonyl (C=O) groups excluding carboxylic acids is 2. The molecule has 2 heterocycles. The Morgan fingerprint density at radius 2 is 1.85 bits per heavy atom. The molecule has 1 aromatic carbocycles. The molecule has 6 nitrogen and oxygen atoms in total. The van der Waals surface area contributed by atoms with E-state index in [1.165, 1.54) is 4.90 Å². The second-order valence-corrected chi connectivity index (χ2v) is 5.22. The molecular formula is C13H11ClN2O4. The van der Waals surface area contributed by atoms with E-state index in [2.05, 4.69) is 0 Å². The van der Waals surface area contributed by atoms with E-state index in [-0.39, 0.29) is 5.91 Å². The van der Waals surface area contributed by atoms with Gasteiger partial charge in [0.1, 0.15) is 12.1 Å². The third-order valence-electron chi connectivity index (χ3n) is 3.67. The third-order valence-corrected chi connectivity index (χ3v) is 3.92. The maximum absolute atomic E-state index is 12.3. The number of carboxylic acid groups (broad SMARTS) is 1. The van der Waals surface area contributed by atoms with Crippen molar-refractivity contribution in [3.63, 3.8) is 0 Å². The molecule has 3 rings (SSSR count). The Labute approximate surface area is 119 Å². The minimum Gasteiger partial charge on any atom is -0.480 e. The largest absolute Gasteiger partial charge is 0.480 e. The molecule has 0 aliphatic carbocycles. The first kappa shape index (κ1) is 12.9. The molecule has 3 amide bonds. The summed E-state index contributed by atoms with van der Waals surface area (Å²) >= 11 is 5.78. The van der Waals surface area contributed by atoms with Gasteiger partial charge in [-0.25, -0.2) is 14.5 Å². The summed E-state index contributed by atoms with van der Waals surface area (Å²) < 4.78 is 0. The van der Waals surface area contributed by atoms with Gasteiger partial charge in [-0.2, -0.15) is 0 Å². The van der Waals surface area contributed by atoms with E-state index in [1.54, 1.807) is 24.3 Å². The summed E-state index contributed by atoms with van der Waals surface area (Å²) in [5.74, 6) is -1.45. The van der Waals surface area contributed by atoms with E-state index in [4.69, 9.17) is 16.7 Å². The summed E-state index contributed by atoms with van der Waals surface area (Å²) in [5.41, 5.74) is 0.405. The highest BCUT2D eigenvalue weighted by atomic mass is 35.5. The van der Waals surface area contributed by atoms with Crippen LogP contribution in [0.15, 0.2) is 24.3 Å². The molecule has 0 saturated carbocycles. The number of halogens is 1. The lowest BCUT2D eigenvalue weighted by Gasteiger charge is -2.20. The zero-order valence-corrected chi connectivity index (χ0v) is 11.1. The first-order valence-corrected chi connectivity index (χ1v) is 6.53. The van der Waals surface area contributed by atoms with E-state index < -0.39 is 24.1 Å². The van der Waals surface area contributed by atoms with Crippen molar-refractivity contribution in [2.75, 3.05) is 4.90 Å². The molecule has 0 aromatic heterocycles. The molecule has 0 unspecified atom stereocenters. The summed E-state index contributed by atoms with van der Waals surface area (Å²) in [6.07, 6.45) is 0.692. The topological polar surface area (TPSA) is 77.9 Å². The summed E-state index contributed by atoms with van der Waals surface area (Å²) in [6.45, 7) is 0. The van der Waals surface area contributed by atoms with Gasteiger partial charge in [0, 0.05) is 5.02 Å². The quantitative estimate of drug-likeness (QED) is 0.843. The number of benzene rings is 1. The average molecular weight is 295 g/mol. The van der Waals surface area contributed by atoms with Crippen molar-refractivity contribution >= 4 is 35.2 Å². The Morgan fingerprint density at radius 1 is 1.20 bits per heavy atom. The van der Waals surface area contributed by atoms with Crippen LogP contribution in [0.1, 0.15) is 12.8 Å². The maximum Gasteiger partial charge on any atom is 0.332 e. The van der Waals surface area contributed by atoms with Gasteiger partial charge in [0.15, 0.2) is 0 Å². The van der Waals surface area contributed by atoms with E-state index in [0.29, 0.717) is 23.6 Å². The highest BCUT2D eigenvalue weighted by Gasteiger charge is 2.54. The Hall–Kier alpha value is -2.08. The van der Waals surface area contributed by atoms with Crippen molar-refractivity contribution in [2.45, 2.75) is 24.9 Å². The number of aliphatic carboxylic acids is 1. The van der Waals surface area contributed by atoms with Crippen molar-refractivity contribution < 1.29 is 19.5 Å². The number of urea groups is 1. The molecule has 0 radical (unpaired) electrons. The zero-order valence-electron chi connectivity index (χ0n) is 10.3. The van der Waals surface area contributed by atoms with Crippen molar-refractivity contribution in [1.29, 1.82) is 0 Å². The SMILES string of the molecule is O=C(O)[C@H]1CC[C@@H]2C(=O)N(c3ccc(Cl)cc3)C(=O)N12. The van der Waals surface area contributed by atoms with Gasteiger partial charge < -0.3 is 5.11 Å². The average Bonchev–Trinajstić information content (AvgIpc) is 2.94. The molecule has 1 aromatic rings. The Balaban J connectivity index is 1.96.